The molecule has 1 atom stereocenters. The molecule has 0 N–H and O–H groups in total. The van der Waals surface area contributed by atoms with Gasteiger partial charge in [0.15, 0.2) is 0 Å². The van der Waals surface area contributed by atoms with Crippen LogP contribution in [0.1, 0.15) is 39.3 Å². The number of carbonyl (C=O) groups excluding carboxylic acids is 1. The number of carbonyl (C=O) groups is 1. The Labute approximate surface area is 157 Å². The second-order valence-electron chi connectivity index (χ2n) is 9.05. The number of amides is 1. The third-order valence-electron chi connectivity index (χ3n) is 6.05. The van der Waals surface area contributed by atoms with Gasteiger partial charge in [-0.3, -0.25) is 14.7 Å². The predicted molar refractivity (Wildman–Crippen MR) is 103 cm³/mol. The molecule has 5 nitrogen and oxygen atoms in total. The molecule has 3 rings (SSSR count). The highest BCUT2D eigenvalue weighted by Gasteiger charge is 2.48. The second-order valence-corrected chi connectivity index (χ2v) is 9.05. The topological polar surface area (TPSA) is 45.7 Å². The maximum Gasteiger partial charge on any atom is 0.227 e. The number of likely N-dealkylation sites (tertiary alicyclic amines) is 2. The van der Waals surface area contributed by atoms with E-state index < -0.39 is 0 Å². The smallest absolute Gasteiger partial charge is 0.227 e. The van der Waals surface area contributed by atoms with Crippen LogP contribution in [0.25, 0.3) is 0 Å². The van der Waals surface area contributed by atoms with Crippen molar-refractivity contribution in [3.05, 3.63) is 30.1 Å². The molecule has 144 valence electrons. The summed E-state index contributed by atoms with van der Waals surface area (Å²) >= 11 is 0. The normalized spacial score (nSPS) is 23.5. The molecule has 1 amide bonds. The van der Waals surface area contributed by atoms with E-state index in [1.807, 2.05) is 33.0 Å². The van der Waals surface area contributed by atoms with Crippen molar-refractivity contribution >= 4 is 5.91 Å². The van der Waals surface area contributed by atoms with Crippen LogP contribution in [0.3, 0.4) is 0 Å². The highest BCUT2D eigenvalue weighted by molar-refractivity contribution is 5.81. The fourth-order valence-electron chi connectivity index (χ4n) is 4.61. The summed E-state index contributed by atoms with van der Waals surface area (Å²) in [6, 6.07) is 6.11. The fourth-order valence-corrected chi connectivity index (χ4v) is 4.61. The monoisotopic (exact) mass is 359 g/mol. The van der Waals surface area contributed by atoms with Crippen molar-refractivity contribution < 1.29 is 9.53 Å². The van der Waals surface area contributed by atoms with Gasteiger partial charge in [0, 0.05) is 57.4 Å². The molecule has 2 aliphatic heterocycles. The quantitative estimate of drug-likeness (QED) is 0.829. The van der Waals surface area contributed by atoms with Crippen molar-refractivity contribution in [1.82, 2.24) is 14.8 Å². The van der Waals surface area contributed by atoms with Crippen molar-refractivity contribution in [2.75, 3.05) is 39.9 Å². The number of hydrogen-bond donors (Lipinski definition) is 0. The van der Waals surface area contributed by atoms with Crippen LogP contribution >= 0.6 is 0 Å². The van der Waals surface area contributed by atoms with Crippen LogP contribution in [0.15, 0.2) is 24.4 Å². The maximum atomic E-state index is 12.6. The average Bonchev–Trinajstić information content (AvgIpc) is 2.92. The molecule has 0 bridgehead atoms. The minimum absolute atomic E-state index is 0.263. The molecular weight excluding hydrogens is 326 g/mol. The van der Waals surface area contributed by atoms with Gasteiger partial charge in [-0.05, 0) is 30.4 Å². The summed E-state index contributed by atoms with van der Waals surface area (Å²) < 4.78 is 5.56. The first-order valence-electron chi connectivity index (χ1n) is 9.75. The fraction of sp³-hybridized carbons (Fsp3) is 0.714. The molecule has 1 aromatic rings. The second kappa shape index (κ2) is 7.65. The van der Waals surface area contributed by atoms with E-state index in [9.17, 15) is 4.79 Å². The highest BCUT2D eigenvalue weighted by atomic mass is 16.5. The van der Waals surface area contributed by atoms with Crippen LogP contribution in [-0.2, 0) is 16.1 Å². The molecule has 0 saturated carbocycles. The third kappa shape index (κ3) is 4.09. The first kappa shape index (κ1) is 19.3. The lowest BCUT2D eigenvalue weighted by atomic mass is 9.71. The van der Waals surface area contributed by atoms with E-state index in [0.29, 0.717) is 5.92 Å². The van der Waals surface area contributed by atoms with Gasteiger partial charge in [0.25, 0.3) is 0 Å². The maximum absolute atomic E-state index is 12.6. The SMILES string of the molecule is COC[C@@H]1CN(Cc2ccccn2)CC12CCN(C(=O)C(C)(C)C)CC2. The van der Waals surface area contributed by atoms with Gasteiger partial charge in [0.1, 0.15) is 0 Å². The van der Waals surface area contributed by atoms with Crippen LogP contribution in [0, 0.1) is 16.7 Å². The minimum Gasteiger partial charge on any atom is -0.384 e. The molecule has 3 heterocycles. The molecule has 0 aromatic carbocycles. The van der Waals surface area contributed by atoms with Gasteiger partial charge in [-0.1, -0.05) is 26.8 Å². The van der Waals surface area contributed by atoms with Crippen LogP contribution in [0.2, 0.25) is 0 Å². The van der Waals surface area contributed by atoms with E-state index in [4.69, 9.17) is 4.74 Å². The minimum atomic E-state index is -0.295. The number of rotatable bonds is 4. The van der Waals surface area contributed by atoms with Gasteiger partial charge in [-0.2, -0.15) is 0 Å². The average molecular weight is 360 g/mol. The zero-order valence-corrected chi connectivity index (χ0v) is 16.7. The van der Waals surface area contributed by atoms with E-state index in [0.717, 1.165) is 57.9 Å². The zero-order chi connectivity index (χ0) is 18.8. The first-order valence-corrected chi connectivity index (χ1v) is 9.75. The van der Waals surface area contributed by atoms with E-state index in [1.54, 1.807) is 7.11 Å². The Balaban J connectivity index is 1.66. The van der Waals surface area contributed by atoms with Crippen LogP contribution < -0.4 is 0 Å². The number of piperidine rings is 1. The lowest BCUT2D eigenvalue weighted by molar-refractivity contribution is -0.142. The van der Waals surface area contributed by atoms with Gasteiger partial charge in [0.05, 0.1) is 12.3 Å². The lowest BCUT2D eigenvalue weighted by Crippen LogP contribution is -2.49. The molecule has 2 aliphatic rings. The summed E-state index contributed by atoms with van der Waals surface area (Å²) in [5, 5.41) is 0. The zero-order valence-electron chi connectivity index (χ0n) is 16.7. The number of ether oxygens (including phenoxy) is 1. The number of hydrogen-bond acceptors (Lipinski definition) is 4. The van der Waals surface area contributed by atoms with E-state index in [-0.39, 0.29) is 16.7 Å². The Bertz CT molecular complexity index is 603. The van der Waals surface area contributed by atoms with Crippen LogP contribution in [-0.4, -0.2) is 60.6 Å². The molecule has 5 heteroatoms. The Morgan fingerprint density at radius 3 is 2.62 bits per heavy atom. The summed E-state index contributed by atoms with van der Waals surface area (Å²) in [6.45, 7) is 11.6. The van der Waals surface area contributed by atoms with Gasteiger partial charge in [-0.15, -0.1) is 0 Å². The third-order valence-corrected chi connectivity index (χ3v) is 6.05. The summed E-state index contributed by atoms with van der Waals surface area (Å²) in [4.78, 5) is 21.7. The molecule has 0 radical (unpaired) electrons. The molecule has 2 fully saturated rings. The van der Waals surface area contributed by atoms with Gasteiger partial charge in [-0.25, -0.2) is 0 Å². The molecule has 0 aliphatic carbocycles. The Morgan fingerprint density at radius 2 is 2.04 bits per heavy atom. The van der Waals surface area contributed by atoms with E-state index >= 15 is 0 Å². The summed E-state index contributed by atoms with van der Waals surface area (Å²) in [6.07, 6.45) is 4.01. The largest absolute Gasteiger partial charge is 0.384 e. The predicted octanol–water partition coefficient (Wildman–Crippen LogP) is 2.81. The summed E-state index contributed by atoms with van der Waals surface area (Å²) in [5.41, 5.74) is 1.09. The molecule has 26 heavy (non-hydrogen) atoms. The van der Waals surface area contributed by atoms with E-state index in [1.165, 1.54) is 0 Å². The number of nitrogens with zero attached hydrogens (tertiary/aromatic N) is 3. The Morgan fingerprint density at radius 1 is 1.31 bits per heavy atom. The summed E-state index contributed by atoms with van der Waals surface area (Å²) in [7, 11) is 1.80. The summed E-state index contributed by atoms with van der Waals surface area (Å²) in [5.74, 6) is 0.807. The molecule has 1 aromatic heterocycles. The van der Waals surface area contributed by atoms with Crippen molar-refractivity contribution in [2.24, 2.45) is 16.7 Å². The van der Waals surface area contributed by atoms with Crippen molar-refractivity contribution in [3.8, 4) is 0 Å². The standard InChI is InChI=1S/C21H33N3O2/c1-20(2,3)19(25)24-11-8-21(9-12-24)16-23(13-17(21)15-26-4)14-18-7-5-6-10-22-18/h5-7,10,17H,8-9,11-16H2,1-4H3/t17-/m0/s1. The molecular formula is C21H33N3O2. The molecule has 0 unspecified atom stereocenters. The van der Waals surface area contributed by atoms with E-state index in [2.05, 4.69) is 26.9 Å². The van der Waals surface area contributed by atoms with Gasteiger partial charge in [0.2, 0.25) is 5.91 Å². The van der Waals surface area contributed by atoms with Gasteiger partial charge < -0.3 is 9.64 Å². The highest BCUT2D eigenvalue weighted by Crippen LogP contribution is 2.45. The lowest BCUT2D eigenvalue weighted by Gasteiger charge is -2.44. The van der Waals surface area contributed by atoms with Crippen LogP contribution in [0.5, 0.6) is 0 Å². The van der Waals surface area contributed by atoms with Crippen molar-refractivity contribution in [3.63, 3.8) is 0 Å². The molecule has 1 spiro atoms. The number of methoxy groups -OCH3 is 1. The van der Waals surface area contributed by atoms with Crippen molar-refractivity contribution in [2.45, 2.75) is 40.2 Å². The Hall–Kier alpha value is -1.46. The Kier molecular flexibility index (Phi) is 5.68. The van der Waals surface area contributed by atoms with Crippen molar-refractivity contribution in [1.29, 1.82) is 0 Å². The van der Waals surface area contributed by atoms with Crippen LogP contribution in [0.4, 0.5) is 0 Å². The number of pyridine rings is 1. The number of aromatic nitrogens is 1. The molecule has 2 saturated heterocycles. The van der Waals surface area contributed by atoms with Gasteiger partial charge >= 0.3 is 0 Å². The first-order chi connectivity index (χ1) is 12.3.